The highest BCUT2D eigenvalue weighted by Crippen LogP contribution is 2.18. The molecule has 1 unspecified atom stereocenters. The molecule has 1 atom stereocenters. The van der Waals surface area contributed by atoms with Gasteiger partial charge in [0.2, 0.25) is 0 Å². The van der Waals surface area contributed by atoms with Crippen LogP contribution in [0.25, 0.3) is 0 Å². The van der Waals surface area contributed by atoms with Gasteiger partial charge in [0.15, 0.2) is 0 Å². The van der Waals surface area contributed by atoms with Crippen LogP contribution in [0.15, 0.2) is 30.3 Å². The third-order valence-electron chi connectivity index (χ3n) is 3.57. The number of benzene rings is 1. The molecule has 0 aliphatic carbocycles. The van der Waals surface area contributed by atoms with Crippen molar-refractivity contribution < 1.29 is 19.1 Å². The third kappa shape index (κ3) is 11.4. The van der Waals surface area contributed by atoms with Crippen molar-refractivity contribution in [3.63, 3.8) is 0 Å². The Labute approximate surface area is 152 Å². The largest absolute Gasteiger partial charge is 0.466 e. The van der Waals surface area contributed by atoms with Crippen molar-refractivity contribution in [3.05, 3.63) is 35.9 Å². The molecule has 0 bridgehead atoms. The van der Waals surface area contributed by atoms with E-state index in [1.165, 1.54) is 5.56 Å². The van der Waals surface area contributed by atoms with Gasteiger partial charge in [0.25, 0.3) is 0 Å². The van der Waals surface area contributed by atoms with E-state index in [0.717, 1.165) is 6.42 Å². The SMILES string of the molecule is CCOC(=O)C(Cc1ccccc1)C(C)C.CCOC(=O)CC(C)C. The van der Waals surface area contributed by atoms with Crippen molar-refractivity contribution in [2.75, 3.05) is 13.2 Å². The van der Waals surface area contributed by atoms with E-state index in [1.807, 2.05) is 45.9 Å². The van der Waals surface area contributed by atoms with Crippen LogP contribution in [0.3, 0.4) is 0 Å². The quantitative estimate of drug-likeness (QED) is 0.640. The smallest absolute Gasteiger partial charge is 0.309 e. The van der Waals surface area contributed by atoms with Crippen LogP contribution in [-0.2, 0) is 25.5 Å². The first-order chi connectivity index (χ1) is 11.8. The van der Waals surface area contributed by atoms with Crippen LogP contribution in [0.1, 0.15) is 53.5 Å². The molecule has 4 heteroatoms. The molecule has 1 aromatic rings. The molecule has 0 aliphatic heterocycles. The predicted octanol–water partition coefficient (Wildman–Crippen LogP) is 4.66. The maximum absolute atomic E-state index is 11.8. The van der Waals surface area contributed by atoms with E-state index in [9.17, 15) is 9.59 Å². The number of carbonyl (C=O) groups is 2. The van der Waals surface area contributed by atoms with Gasteiger partial charge in [0, 0.05) is 6.42 Å². The molecule has 0 amide bonds. The van der Waals surface area contributed by atoms with Crippen LogP contribution >= 0.6 is 0 Å². The maximum atomic E-state index is 11.8. The molecule has 0 aromatic heterocycles. The minimum absolute atomic E-state index is 0.0395. The normalized spacial score (nSPS) is 11.5. The topological polar surface area (TPSA) is 52.6 Å². The van der Waals surface area contributed by atoms with Crippen molar-refractivity contribution in [2.24, 2.45) is 17.8 Å². The molecular formula is C21H34O4. The molecule has 1 rings (SSSR count). The summed E-state index contributed by atoms with van der Waals surface area (Å²) in [7, 11) is 0. The molecule has 0 heterocycles. The van der Waals surface area contributed by atoms with E-state index in [4.69, 9.17) is 9.47 Å². The second-order valence-electron chi connectivity index (χ2n) is 6.70. The van der Waals surface area contributed by atoms with Crippen LogP contribution in [0, 0.1) is 17.8 Å². The molecule has 0 fully saturated rings. The second-order valence-corrected chi connectivity index (χ2v) is 6.70. The first-order valence-electron chi connectivity index (χ1n) is 9.17. The number of hydrogen-bond donors (Lipinski definition) is 0. The highest BCUT2D eigenvalue weighted by atomic mass is 16.5. The van der Waals surface area contributed by atoms with E-state index >= 15 is 0 Å². The van der Waals surface area contributed by atoms with Gasteiger partial charge >= 0.3 is 11.9 Å². The molecule has 1 aromatic carbocycles. The lowest BCUT2D eigenvalue weighted by Crippen LogP contribution is -2.25. The first-order valence-corrected chi connectivity index (χ1v) is 9.17. The van der Waals surface area contributed by atoms with Crippen LogP contribution in [0.2, 0.25) is 0 Å². The van der Waals surface area contributed by atoms with Gasteiger partial charge in [-0.3, -0.25) is 9.59 Å². The van der Waals surface area contributed by atoms with E-state index < -0.39 is 0 Å². The molecule has 4 nitrogen and oxygen atoms in total. The van der Waals surface area contributed by atoms with E-state index in [0.29, 0.717) is 31.5 Å². The highest BCUT2D eigenvalue weighted by Gasteiger charge is 2.23. The lowest BCUT2D eigenvalue weighted by molar-refractivity contribution is -0.149. The van der Waals surface area contributed by atoms with Gasteiger partial charge in [0.1, 0.15) is 0 Å². The zero-order valence-electron chi connectivity index (χ0n) is 16.6. The van der Waals surface area contributed by atoms with Gasteiger partial charge in [-0.05, 0) is 37.7 Å². The second kappa shape index (κ2) is 13.5. The fourth-order valence-electron chi connectivity index (χ4n) is 2.26. The first kappa shape index (κ1) is 23.2. The summed E-state index contributed by atoms with van der Waals surface area (Å²) < 4.78 is 9.81. The Hall–Kier alpha value is -1.84. The van der Waals surface area contributed by atoms with Gasteiger partial charge in [-0.25, -0.2) is 0 Å². The van der Waals surface area contributed by atoms with Gasteiger partial charge in [-0.1, -0.05) is 58.0 Å². The van der Waals surface area contributed by atoms with E-state index in [-0.39, 0.29) is 17.9 Å². The number of carbonyl (C=O) groups excluding carboxylic acids is 2. The van der Waals surface area contributed by atoms with Crippen molar-refractivity contribution in [1.82, 2.24) is 0 Å². The lowest BCUT2D eigenvalue weighted by atomic mass is 9.89. The molecular weight excluding hydrogens is 316 g/mol. The predicted molar refractivity (Wildman–Crippen MR) is 101 cm³/mol. The van der Waals surface area contributed by atoms with E-state index in [1.54, 1.807) is 0 Å². The number of hydrogen-bond acceptors (Lipinski definition) is 4. The van der Waals surface area contributed by atoms with Crippen molar-refractivity contribution >= 4 is 11.9 Å². The summed E-state index contributed by atoms with van der Waals surface area (Å²) in [6.07, 6.45) is 1.30. The Morgan fingerprint density at radius 3 is 1.92 bits per heavy atom. The fraction of sp³-hybridized carbons (Fsp3) is 0.619. The molecule has 0 spiro atoms. The van der Waals surface area contributed by atoms with Crippen LogP contribution in [0.5, 0.6) is 0 Å². The molecule has 142 valence electrons. The van der Waals surface area contributed by atoms with Crippen LogP contribution in [0.4, 0.5) is 0 Å². The number of ether oxygens (including phenoxy) is 2. The van der Waals surface area contributed by atoms with E-state index in [2.05, 4.69) is 26.0 Å². The molecule has 0 aliphatic rings. The zero-order chi connectivity index (χ0) is 19.2. The molecule has 0 N–H and O–H groups in total. The lowest BCUT2D eigenvalue weighted by Gasteiger charge is -2.18. The molecule has 0 radical (unpaired) electrons. The Kier molecular flexibility index (Phi) is 12.5. The molecule has 0 saturated carbocycles. The average Bonchev–Trinajstić information content (AvgIpc) is 2.53. The summed E-state index contributed by atoms with van der Waals surface area (Å²) in [4.78, 5) is 22.4. The standard InChI is InChI=1S/C14H20O2.C7H14O2/c1-4-16-14(15)13(11(2)3)10-12-8-6-5-7-9-12;1-4-9-7(8)5-6(2)3/h5-9,11,13H,4,10H2,1-3H3;6H,4-5H2,1-3H3. The highest BCUT2D eigenvalue weighted by molar-refractivity contribution is 5.73. The number of esters is 2. The van der Waals surface area contributed by atoms with Gasteiger partial charge in [-0.2, -0.15) is 0 Å². The summed E-state index contributed by atoms with van der Waals surface area (Å²) >= 11 is 0. The summed E-state index contributed by atoms with van der Waals surface area (Å²) in [5.41, 5.74) is 1.19. The summed E-state index contributed by atoms with van der Waals surface area (Å²) in [5, 5.41) is 0. The zero-order valence-corrected chi connectivity index (χ0v) is 16.6. The maximum Gasteiger partial charge on any atom is 0.309 e. The van der Waals surface area contributed by atoms with Crippen molar-refractivity contribution in [1.29, 1.82) is 0 Å². The van der Waals surface area contributed by atoms with Crippen LogP contribution < -0.4 is 0 Å². The van der Waals surface area contributed by atoms with Gasteiger partial charge < -0.3 is 9.47 Å². The monoisotopic (exact) mass is 350 g/mol. The summed E-state index contributed by atoms with van der Waals surface area (Å²) in [6.45, 7) is 12.7. The minimum Gasteiger partial charge on any atom is -0.466 e. The Morgan fingerprint density at radius 1 is 0.920 bits per heavy atom. The molecule has 0 saturated heterocycles. The van der Waals surface area contributed by atoms with Crippen LogP contribution in [-0.4, -0.2) is 25.2 Å². The summed E-state index contributed by atoms with van der Waals surface area (Å²) in [6, 6.07) is 10.1. The molecule has 25 heavy (non-hydrogen) atoms. The van der Waals surface area contributed by atoms with Crippen molar-refractivity contribution in [2.45, 2.75) is 54.4 Å². The van der Waals surface area contributed by atoms with Gasteiger partial charge in [-0.15, -0.1) is 0 Å². The fourth-order valence-corrected chi connectivity index (χ4v) is 2.26. The number of rotatable bonds is 8. The minimum atomic E-state index is -0.0903. The Balaban J connectivity index is 0.000000547. The third-order valence-corrected chi connectivity index (χ3v) is 3.57. The average molecular weight is 350 g/mol. The van der Waals surface area contributed by atoms with Crippen molar-refractivity contribution in [3.8, 4) is 0 Å². The summed E-state index contributed by atoms with van der Waals surface area (Å²) in [5.74, 6) is 0.500. The van der Waals surface area contributed by atoms with Gasteiger partial charge in [0.05, 0.1) is 19.1 Å². The Morgan fingerprint density at radius 2 is 1.48 bits per heavy atom. The Bertz CT molecular complexity index is 480.